The number of carbonyl (C=O) groups excluding carboxylic acids is 1. The van der Waals surface area contributed by atoms with Gasteiger partial charge in [0.25, 0.3) is 0 Å². The Labute approximate surface area is 162 Å². The summed E-state index contributed by atoms with van der Waals surface area (Å²) in [7, 11) is 3.95. The quantitative estimate of drug-likeness (QED) is 0.689. The van der Waals surface area contributed by atoms with E-state index in [1.807, 2.05) is 43.3 Å². The van der Waals surface area contributed by atoms with Crippen LogP contribution in [0.4, 0.5) is 15.8 Å². The molecule has 1 saturated heterocycles. The minimum atomic E-state index is -0.324. The zero-order chi connectivity index (χ0) is 19.8. The lowest BCUT2D eigenvalue weighted by molar-refractivity contribution is -0.117. The van der Waals surface area contributed by atoms with Crippen LogP contribution in [-0.4, -0.2) is 36.7 Å². The minimum absolute atomic E-state index is 0.0802. The molecule has 0 spiro atoms. The van der Waals surface area contributed by atoms with E-state index in [2.05, 4.69) is 10.1 Å². The molecule has 2 aromatic carbocycles. The summed E-state index contributed by atoms with van der Waals surface area (Å²) < 4.78 is 19.3. The lowest BCUT2D eigenvalue weighted by atomic mass is 10.1. The summed E-state index contributed by atoms with van der Waals surface area (Å²) in [6.07, 6.45) is 0.261. The summed E-state index contributed by atoms with van der Waals surface area (Å²) in [4.78, 5) is 20.5. The van der Waals surface area contributed by atoms with E-state index >= 15 is 0 Å². The van der Waals surface area contributed by atoms with Crippen molar-refractivity contribution in [1.82, 2.24) is 10.1 Å². The van der Waals surface area contributed by atoms with Crippen LogP contribution >= 0.6 is 0 Å². The topological polar surface area (TPSA) is 62.5 Å². The zero-order valence-electron chi connectivity index (χ0n) is 16.0. The van der Waals surface area contributed by atoms with Gasteiger partial charge in [0.05, 0.1) is 5.92 Å². The maximum Gasteiger partial charge on any atom is 0.232 e. The van der Waals surface area contributed by atoms with Crippen molar-refractivity contribution in [2.24, 2.45) is 0 Å². The molecule has 1 amide bonds. The van der Waals surface area contributed by atoms with E-state index in [1.54, 1.807) is 24.0 Å². The van der Waals surface area contributed by atoms with Crippen LogP contribution in [0.25, 0.3) is 11.4 Å². The van der Waals surface area contributed by atoms with Crippen molar-refractivity contribution >= 4 is 17.3 Å². The first kappa shape index (κ1) is 18.2. The summed E-state index contributed by atoms with van der Waals surface area (Å²) in [6.45, 7) is 2.08. The van der Waals surface area contributed by atoms with Crippen molar-refractivity contribution in [2.45, 2.75) is 19.3 Å². The van der Waals surface area contributed by atoms with E-state index in [4.69, 9.17) is 4.52 Å². The largest absolute Gasteiger partial charge is 0.378 e. The number of nitrogens with zero attached hydrogens (tertiary/aromatic N) is 4. The summed E-state index contributed by atoms with van der Waals surface area (Å²) in [5.41, 5.74) is 3.03. The number of amides is 1. The van der Waals surface area contributed by atoms with Gasteiger partial charge in [-0.1, -0.05) is 11.2 Å². The Bertz CT molecular complexity index is 1010. The van der Waals surface area contributed by atoms with E-state index in [1.165, 1.54) is 6.07 Å². The molecule has 1 aliphatic heterocycles. The molecule has 1 aliphatic rings. The van der Waals surface area contributed by atoms with Crippen molar-refractivity contribution in [3.05, 3.63) is 59.7 Å². The molecular weight excluding hydrogens is 359 g/mol. The second kappa shape index (κ2) is 7.07. The predicted molar refractivity (Wildman–Crippen MR) is 105 cm³/mol. The molecule has 2 heterocycles. The van der Waals surface area contributed by atoms with Gasteiger partial charge >= 0.3 is 0 Å². The fourth-order valence-electron chi connectivity index (χ4n) is 3.30. The third-order valence-electron chi connectivity index (χ3n) is 5.03. The van der Waals surface area contributed by atoms with Crippen LogP contribution in [-0.2, 0) is 4.79 Å². The number of hydrogen-bond donors (Lipinski definition) is 0. The smallest absolute Gasteiger partial charge is 0.232 e. The van der Waals surface area contributed by atoms with E-state index < -0.39 is 0 Å². The van der Waals surface area contributed by atoms with Crippen LogP contribution in [0.2, 0.25) is 0 Å². The summed E-state index contributed by atoms with van der Waals surface area (Å²) in [5.74, 6) is 0.306. The average Bonchev–Trinajstić information content (AvgIpc) is 3.31. The molecule has 28 heavy (non-hydrogen) atoms. The van der Waals surface area contributed by atoms with Crippen molar-refractivity contribution in [3.63, 3.8) is 0 Å². The van der Waals surface area contributed by atoms with Gasteiger partial charge in [-0.15, -0.1) is 0 Å². The number of halogens is 1. The summed E-state index contributed by atoms with van der Waals surface area (Å²) in [5, 5.41) is 4.06. The molecule has 0 N–H and O–H groups in total. The van der Waals surface area contributed by atoms with E-state index in [0.717, 1.165) is 11.3 Å². The number of hydrogen-bond acceptors (Lipinski definition) is 5. The second-order valence-corrected chi connectivity index (χ2v) is 7.24. The van der Waals surface area contributed by atoms with Gasteiger partial charge in [-0.05, 0) is 48.9 Å². The number of rotatable bonds is 4. The van der Waals surface area contributed by atoms with Gasteiger partial charge in [0.15, 0.2) is 0 Å². The van der Waals surface area contributed by atoms with Crippen LogP contribution in [0, 0.1) is 12.7 Å². The number of aryl methyl sites for hydroxylation is 1. The van der Waals surface area contributed by atoms with Crippen LogP contribution in [0.5, 0.6) is 0 Å². The first-order chi connectivity index (χ1) is 13.4. The summed E-state index contributed by atoms with van der Waals surface area (Å²) in [6, 6.07) is 12.7. The second-order valence-electron chi connectivity index (χ2n) is 7.24. The molecule has 0 radical (unpaired) electrons. The van der Waals surface area contributed by atoms with Crippen LogP contribution in [0.15, 0.2) is 47.0 Å². The fourth-order valence-corrected chi connectivity index (χ4v) is 3.30. The SMILES string of the molecule is Cc1ccc(N2C[C@@H](c3nc(-c4ccc(N(C)C)cc4)no3)CC2=O)cc1F. The van der Waals surface area contributed by atoms with Crippen LogP contribution in [0.1, 0.15) is 23.8 Å². The standard InChI is InChI=1S/C21H21FN4O2/c1-13-4-7-17(11-18(13)22)26-12-15(10-19(26)27)21-23-20(24-28-21)14-5-8-16(9-6-14)25(2)3/h4-9,11,15H,10,12H2,1-3H3/t15-/m0/s1. The third kappa shape index (κ3) is 3.35. The molecule has 1 aromatic heterocycles. The van der Waals surface area contributed by atoms with E-state index in [9.17, 15) is 9.18 Å². The lowest BCUT2D eigenvalue weighted by Gasteiger charge is -2.16. The molecule has 0 aliphatic carbocycles. The van der Waals surface area contributed by atoms with Gasteiger partial charge in [0.1, 0.15) is 5.82 Å². The first-order valence-corrected chi connectivity index (χ1v) is 9.10. The highest BCUT2D eigenvalue weighted by molar-refractivity contribution is 5.96. The average molecular weight is 380 g/mol. The first-order valence-electron chi connectivity index (χ1n) is 9.10. The number of benzene rings is 2. The Morgan fingerprint density at radius 3 is 2.61 bits per heavy atom. The van der Waals surface area contributed by atoms with Crippen molar-refractivity contribution < 1.29 is 13.7 Å². The number of carbonyl (C=O) groups is 1. The predicted octanol–water partition coefficient (Wildman–Crippen LogP) is 3.77. The van der Waals surface area contributed by atoms with Gasteiger partial charge in [-0.3, -0.25) is 4.79 Å². The molecule has 1 atom stereocenters. The van der Waals surface area contributed by atoms with Crippen molar-refractivity contribution in [1.29, 1.82) is 0 Å². The Morgan fingerprint density at radius 1 is 1.18 bits per heavy atom. The molecule has 1 fully saturated rings. The van der Waals surface area contributed by atoms with Gasteiger partial charge in [-0.25, -0.2) is 4.39 Å². The van der Waals surface area contributed by atoms with E-state index in [-0.39, 0.29) is 24.1 Å². The molecule has 4 rings (SSSR count). The summed E-state index contributed by atoms with van der Waals surface area (Å²) >= 11 is 0. The molecule has 7 heteroatoms. The lowest BCUT2D eigenvalue weighted by Crippen LogP contribution is -2.24. The van der Waals surface area contributed by atoms with Crippen LogP contribution in [0.3, 0.4) is 0 Å². The Hall–Kier alpha value is -3.22. The molecule has 0 saturated carbocycles. The highest BCUT2D eigenvalue weighted by Crippen LogP contribution is 2.32. The monoisotopic (exact) mass is 380 g/mol. The number of aromatic nitrogens is 2. The third-order valence-corrected chi connectivity index (χ3v) is 5.03. The Morgan fingerprint density at radius 2 is 1.93 bits per heavy atom. The van der Waals surface area contributed by atoms with E-state index in [0.29, 0.717) is 29.5 Å². The van der Waals surface area contributed by atoms with Crippen molar-refractivity contribution in [2.75, 3.05) is 30.4 Å². The fraction of sp³-hybridized carbons (Fsp3) is 0.286. The van der Waals surface area contributed by atoms with Gasteiger partial charge in [0, 0.05) is 44.0 Å². The number of anilines is 2. The molecular formula is C21H21FN4O2. The molecule has 0 unspecified atom stereocenters. The zero-order valence-corrected chi connectivity index (χ0v) is 16.0. The minimum Gasteiger partial charge on any atom is -0.378 e. The van der Waals surface area contributed by atoms with Gasteiger partial charge in [0.2, 0.25) is 17.6 Å². The maximum absolute atomic E-state index is 13.9. The Kier molecular flexibility index (Phi) is 4.58. The highest BCUT2D eigenvalue weighted by Gasteiger charge is 2.35. The maximum atomic E-state index is 13.9. The molecule has 6 nitrogen and oxygen atoms in total. The molecule has 144 valence electrons. The molecule has 3 aromatic rings. The Balaban J connectivity index is 1.53. The van der Waals surface area contributed by atoms with Crippen molar-refractivity contribution in [3.8, 4) is 11.4 Å². The normalized spacial score (nSPS) is 16.6. The van der Waals surface area contributed by atoms with Gasteiger partial charge < -0.3 is 14.3 Å². The van der Waals surface area contributed by atoms with Crippen LogP contribution < -0.4 is 9.80 Å². The van der Waals surface area contributed by atoms with Gasteiger partial charge in [-0.2, -0.15) is 4.98 Å². The highest BCUT2D eigenvalue weighted by atomic mass is 19.1. The molecule has 0 bridgehead atoms.